The third-order valence-electron chi connectivity index (χ3n) is 4.01. The lowest BCUT2D eigenvalue weighted by Crippen LogP contribution is -2.21. The molecule has 2 N–H and O–H groups in total. The van der Waals surface area contributed by atoms with Gasteiger partial charge in [-0.2, -0.15) is 0 Å². The lowest BCUT2D eigenvalue weighted by molar-refractivity contribution is 0.416. The van der Waals surface area contributed by atoms with E-state index in [-0.39, 0.29) is 23.6 Å². The molecule has 2 heterocycles. The van der Waals surface area contributed by atoms with E-state index in [1.807, 2.05) is 13.8 Å². The summed E-state index contributed by atoms with van der Waals surface area (Å²) in [4.78, 5) is 19.3. The van der Waals surface area contributed by atoms with Crippen molar-refractivity contribution in [3.05, 3.63) is 69.5 Å². The summed E-state index contributed by atoms with van der Waals surface area (Å²) in [7, 11) is 0. The number of imidazole rings is 1. The highest BCUT2D eigenvalue weighted by Gasteiger charge is 2.18. The number of halogens is 1. The van der Waals surface area contributed by atoms with Crippen molar-refractivity contribution in [2.75, 3.05) is 0 Å². The fourth-order valence-electron chi connectivity index (χ4n) is 2.41. The topological polar surface area (TPSA) is 70.4 Å². The Balaban J connectivity index is 2.50. The summed E-state index contributed by atoms with van der Waals surface area (Å²) in [5.74, 6) is -1.12. The van der Waals surface area contributed by atoms with Crippen molar-refractivity contribution in [2.45, 2.75) is 33.2 Å². The van der Waals surface area contributed by atoms with Gasteiger partial charge in [-0.3, -0.25) is 9.56 Å². The van der Waals surface area contributed by atoms with Crippen molar-refractivity contribution in [3.63, 3.8) is 0 Å². The van der Waals surface area contributed by atoms with Gasteiger partial charge in [0.1, 0.15) is 11.6 Å². The Morgan fingerprint density at radius 2 is 2.22 bits per heavy atom. The first-order chi connectivity index (χ1) is 10.8. The molecule has 5 nitrogen and oxygen atoms in total. The van der Waals surface area contributed by atoms with Crippen LogP contribution < -0.4 is 5.69 Å². The Morgan fingerprint density at radius 1 is 1.52 bits per heavy atom. The molecule has 1 aromatic rings. The highest BCUT2D eigenvalue weighted by atomic mass is 19.1. The van der Waals surface area contributed by atoms with Gasteiger partial charge in [0.2, 0.25) is 0 Å². The zero-order chi connectivity index (χ0) is 17.1. The number of hydrogen-bond acceptors (Lipinski definition) is 3. The number of aromatic nitrogens is 2. The highest BCUT2D eigenvalue weighted by molar-refractivity contribution is 5.79. The number of fused-ring (bicyclic) bond motifs is 1. The maximum Gasteiger partial charge on any atom is 0.326 e. The minimum absolute atomic E-state index is 0.0636. The number of nitrogens with one attached hydrogen (secondary N) is 1. The quantitative estimate of drug-likeness (QED) is 0.660. The summed E-state index contributed by atoms with van der Waals surface area (Å²) < 4.78 is 15.0. The standard InChI is InChI=1S/C17H20FN3O2/c1-5-16(22)13(11(3)18)9-21-15-7-6-10(2)12(4)19-8-14(15)20-17(21)23/h5,8,22H,1,3,6-7,9H2,2,4H3,(H,20,23)/b12-10+,16-13+,19-8?. The molecule has 0 saturated heterocycles. The van der Waals surface area contributed by atoms with Crippen LogP contribution in [0.1, 0.15) is 31.7 Å². The van der Waals surface area contributed by atoms with Crippen LogP contribution in [-0.2, 0) is 13.0 Å². The maximum absolute atomic E-state index is 13.6. The first kappa shape index (κ1) is 16.7. The minimum Gasteiger partial charge on any atom is -0.508 e. The van der Waals surface area contributed by atoms with Gasteiger partial charge in [-0.1, -0.05) is 18.7 Å². The Morgan fingerprint density at radius 3 is 2.83 bits per heavy atom. The van der Waals surface area contributed by atoms with Crippen LogP contribution in [0.15, 0.2) is 57.5 Å². The van der Waals surface area contributed by atoms with Crippen LogP contribution in [0.4, 0.5) is 4.39 Å². The summed E-state index contributed by atoms with van der Waals surface area (Å²) in [5.41, 5.74) is 2.93. The van der Waals surface area contributed by atoms with Gasteiger partial charge >= 0.3 is 5.69 Å². The van der Waals surface area contributed by atoms with Gasteiger partial charge in [0.05, 0.1) is 18.5 Å². The Bertz CT molecular complexity index is 806. The molecule has 0 unspecified atom stereocenters. The summed E-state index contributed by atoms with van der Waals surface area (Å²) in [6.07, 6.45) is 4.09. The lowest BCUT2D eigenvalue weighted by Gasteiger charge is -2.13. The summed E-state index contributed by atoms with van der Waals surface area (Å²) >= 11 is 0. The van der Waals surface area contributed by atoms with Crippen LogP contribution in [0.2, 0.25) is 0 Å². The largest absolute Gasteiger partial charge is 0.508 e. The molecule has 0 aromatic carbocycles. The molecule has 0 aliphatic carbocycles. The first-order valence-electron chi connectivity index (χ1n) is 7.26. The molecule has 0 bridgehead atoms. The molecular formula is C17H20FN3O2. The average molecular weight is 317 g/mol. The van der Waals surface area contributed by atoms with E-state index in [4.69, 9.17) is 0 Å². The lowest BCUT2D eigenvalue weighted by atomic mass is 10.1. The molecule has 122 valence electrons. The van der Waals surface area contributed by atoms with Gasteiger partial charge in [0.25, 0.3) is 0 Å². The zero-order valence-electron chi connectivity index (χ0n) is 13.3. The Hall–Kier alpha value is -2.63. The molecule has 0 saturated carbocycles. The molecule has 1 aromatic heterocycles. The normalized spacial score (nSPS) is 18.7. The van der Waals surface area contributed by atoms with Crippen molar-refractivity contribution in [1.29, 1.82) is 0 Å². The van der Waals surface area contributed by atoms with Crippen molar-refractivity contribution >= 4 is 6.21 Å². The second kappa shape index (κ2) is 6.64. The predicted molar refractivity (Wildman–Crippen MR) is 89.4 cm³/mol. The highest BCUT2D eigenvalue weighted by Crippen LogP contribution is 2.21. The van der Waals surface area contributed by atoms with E-state index in [1.165, 1.54) is 4.57 Å². The fourth-order valence-corrected chi connectivity index (χ4v) is 2.41. The zero-order valence-corrected chi connectivity index (χ0v) is 13.3. The number of aliphatic imine (C=N–C) groups is 1. The van der Waals surface area contributed by atoms with Gasteiger partial charge in [0.15, 0.2) is 0 Å². The van der Waals surface area contributed by atoms with Crippen molar-refractivity contribution in [2.24, 2.45) is 4.99 Å². The second-order valence-corrected chi connectivity index (χ2v) is 5.47. The molecule has 1 aliphatic heterocycles. The second-order valence-electron chi connectivity index (χ2n) is 5.47. The predicted octanol–water partition coefficient (Wildman–Crippen LogP) is 3.32. The molecular weight excluding hydrogens is 297 g/mol. The molecule has 0 amide bonds. The average Bonchev–Trinajstić information content (AvgIpc) is 2.80. The van der Waals surface area contributed by atoms with Crippen molar-refractivity contribution in [1.82, 2.24) is 9.55 Å². The molecule has 1 aliphatic rings. The van der Waals surface area contributed by atoms with Crippen LogP contribution in [0.3, 0.4) is 0 Å². The molecule has 0 atom stereocenters. The van der Waals surface area contributed by atoms with Crippen LogP contribution in [-0.4, -0.2) is 20.9 Å². The summed E-state index contributed by atoms with van der Waals surface area (Å²) in [6, 6.07) is 0. The Kier molecular flexibility index (Phi) is 4.83. The molecule has 0 fully saturated rings. The van der Waals surface area contributed by atoms with E-state index in [0.29, 0.717) is 12.1 Å². The first-order valence-corrected chi connectivity index (χ1v) is 7.26. The fraction of sp³-hybridized carbons (Fsp3) is 0.294. The van der Waals surface area contributed by atoms with E-state index in [2.05, 4.69) is 23.1 Å². The SMILES string of the molecule is C=C/C(O)=C(/Cn1c2c([nH]c1=O)C=N/C(C)=C(\C)CC2)C(=C)F. The summed E-state index contributed by atoms with van der Waals surface area (Å²) in [6.45, 7) is 10.4. The van der Waals surface area contributed by atoms with E-state index in [0.717, 1.165) is 29.5 Å². The van der Waals surface area contributed by atoms with Crippen LogP contribution in [0.25, 0.3) is 0 Å². The van der Waals surface area contributed by atoms with E-state index in [1.54, 1.807) is 6.21 Å². The number of rotatable bonds is 4. The van der Waals surface area contributed by atoms with Gasteiger partial charge in [0, 0.05) is 17.0 Å². The van der Waals surface area contributed by atoms with E-state index >= 15 is 0 Å². The monoisotopic (exact) mass is 317 g/mol. The van der Waals surface area contributed by atoms with Crippen molar-refractivity contribution in [3.8, 4) is 0 Å². The van der Waals surface area contributed by atoms with Gasteiger partial charge in [-0.25, -0.2) is 9.18 Å². The number of nitrogens with zero attached hydrogens (tertiary/aromatic N) is 2. The van der Waals surface area contributed by atoms with Gasteiger partial charge in [-0.15, -0.1) is 0 Å². The van der Waals surface area contributed by atoms with E-state index < -0.39 is 5.83 Å². The van der Waals surface area contributed by atoms with Gasteiger partial charge in [-0.05, 0) is 32.8 Å². The van der Waals surface area contributed by atoms with Crippen molar-refractivity contribution < 1.29 is 9.50 Å². The van der Waals surface area contributed by atoms with Crippen LogP contribution in [0, 0.1) is 0 Å². The Labute approximate surface area is 133 Å². The number of aromatic amines is 1. The minimum atomic E-state index is -0.796. The molecule has 6 heteroatoms. The molecule has 0 radical (unpaired) electrons. The molecule has 0 spiro atoms. The summed E-state index contributed by atoms with van der Waals surface area (Å²) in [5, 5.41) is 9.76. The third kappa shape index (κ3) is 3.41. The van der Waals surface area contributed by atoms with Gasteiger partial charge < -0.3 is 10.1 Å². The van der Waals surface area contributed by atoms with Crippen LogP contribution in [0.5, 0.6) is 0 Å². The number of hydrogen-bond donors (Lipinski definition) is 2. The molecule has 23 heavy (non-hydrogen) atoms. The third-order valence-corrected chi connectivity index (χ3v) is 4.01. The van der Waals surface area contributed by atoms with E-state index in [9.17, 15) is 14.3 Å². The van der Waals surface area contributed by atoms with Crippen LogP contribution >= 0.6 is 0 Å². The number of allylic oxidation sites excluding steroid dienone is 5. The number of H-pyrrole nitrogens is 1. The smallest absolute Gasteiger partial charge is 0.326 e. The number of aliphatic hydroxyl groups is 1. The molecule has 2 rings (SSSR count). The maximum atomic E-state index is 13.6. The number of aliphatic hydroxyl groups excluding tert-OH is 1.